The molecule has 0 aromatic rings. The molecule has 2 rings (SSSR count). The molecule has 1 amide bonds. The number of fused-ring (bicyclic) bond motifs is 1. The van der Waals surface area contributed by atoms with Crippen molar-refractivity contribution in [2.45, 2.75) is 25.8 Å². The molecule has 2 aliphatic heterocycles. The van der Waals surface area contributed by atoms with Gasteiger partial charge in [-0.25, -0.2) is 0 Å². The van der Waals surface area contributed by atoms with Crippen LogP contribution in [0.5, 0.6) is 0 Å². The van der Waals surface area contributed by atoms with Gasteiger partial charge in [0.2, 0.25) is 5.91 Å². The molecule has 2 fully saturated rings. The van der Waals surface area contributed by atoms with E-state index in [2.05, 4.69) is 12.2 Å². The van der Waals surface area contributed by atoms with E-state index in [1.165, 1.54) is 0 Å². The summed E-state index contributed by atoms with van der Waals surface area (Å²) in [6.45, 7) is 3.77. The number of carbonyl (C=O) groups excluding carboxylic acids is 1. The quantitative estimate of drug-likeness (QED) is 0.575. The second-order valence-corrected chi connectivity index (χ2v) is 3.88. The third-order valence-corrected chi connectivity index (χ3v) is 2.98. The Kier molecular flexibility index (Phi) is 2.05. The summed E-state index contributed by atoms with van der Waals surface area (Å²) in [5, 5.41) is 3.03. The number of hydrogen-bond acceptors (Lipinski definition) is 2. The Morgan fingerprint density at radius 3 is 3.25 bits per heavy atom. The van der Waals surface area contributed by atoms with Crippen molar-refractivity contribution in [3.05, 3.63) is 0 Å². The first-order valence-electron chi connectivity index (χ1n) is 4.64. The fourth-order valence-corrected chi connectivity index (χ4v) is 2.21. The van der Waals surface area contributed by atoms with Gasteiger partial charge in [-0.15, -0.1) is 0 Å². The molecule has 1 N–H and O–H groups in total. The minimum Gasteiger partial charge on any atom is -0.381 e. The Balaban J connectivity index is 2.06. The lowest BCUT2D eigenvalue weighted by Gasteiger charge is -2.39. The highest BCUT2D eigenvalue weighted by atomic mass is 16.5. The molecule has 2 saturated heterocycles. The van der Waals surface area contributed by atoms with Crippen molar-refractivity contribution in [2.24, 2.45) is 11.8 Å². The monoisotopic (exact) mass is 169 g/mol. The summed E-state index contributed by atoms with van der Waals surface area (Å²) >= 11 is 0. The molecule has 0 saturated carbocycles. The molecule has 0 radical (unpaired) electrons. The molecule has 3 nitrogen and oxygen atoms in total. The minimum atomic E-state index is 0.214. The minimum absolute atomic E-state index is 0.214. The van der Waals surface area contributed by atoms with Crippen LogP contribution in [0, 0.1) is 11.8 Å². The van der Waals surface area contributed by atoms with Crippen LogP contribution in [-0.2, 0) is 9.53 Å². The summed E-state index contributed by atoms with van der Waals surface area (Å²) in [6, 6.07) is 0.384. The first-order chi connectivity index (χ1) is 5.77. The van der Waals surface area contributed by atoms with E-state index in [0.29, 0.717) is 24.3 Å². The van der Waals surface area contributed by atoms with Crippen LogP contribution in [0.25, 0.3) is 0 Å². The third kappa shape index (κ3) is 1.33. The number of ether oxygens (including phenoxy) is 1. The molecule has 2 heterocycles. The van der Waals surface area contributed by atoms with Gasteiger partial charge in [0, 0.05) is 25.0 Å². The Labute approximate surface area is 72.5 Å². The molecule has 0 aromatic carbocycles. The predicted molar refractivity (Wildman–Crippen MR) is 44.6 cm³/mol. The SMILES string of the molecule is CC1CC(=O)NC2CCOCC12. The highest BCUT2D eigenvalue weighted by Crippen LogP contribution is 2.28. The maximum Gasteiger partial charge on any atom is 0.220 e. The lowest BCUT2D eigenvalue weighted by molar-refractivity contribution is -0.129. The largest absolute Gasteiger partial charge is 0.381 e. The van der Waals surface area contributed by atoms with Gasteiger partial charge in [0.05, 0.1) is 6.61 Å². The number of rotatable bonds is 0. The fourth-order valence-electron chi connectivity index (χ4n) is 2.21. The number of piperidine rings is 1. The lowest BCUT2D eigenvalue weighted by Crippen LogP contribution is -2.52. The van der Waals surface area contributed by atoms with Gasteiger partial charge >= 0.3 is 0 Å². The summed E-state index contributed by atoms with van der Waals surface area (Å²) in [5.74, 6) is 1.26. The zero-order valence-corrected chi connectivity index (χ0v) is 7.38. The van der Waals surface area contributed by atoms with Gasteiger partial charge in [-0.2, -0.15) is 0 Å². The molecule has 0 aliphatic carbocycles. The van der Waals surface area contributed by atoms with Crippen molar-refractivity contribution in [3.63, 3.8) is 0 Å². The highest BCUT2D eigenvalue weighted by molar-refractivity contribution is 5.77. The van der Waals surface area contributed by atoms with Gasteiger partial charge in [-0.1, -0.05) is 6.92 Å². The van der Waals surface area contributed by atoms with Crippen molar-refractivity contribution in [2.75, 3.05) is 13.2 Å². The summed E-state index contributed by atoms with van der Waals surface area (Å²) in [7, 11) is 0. The van der Waals surface area contributed by atoms with Crippen LogP contribution in [-0.4, -0.2) is 25.2 Å². The van der Waals surface area contributed by atoms with Crippen molar-refractivity contribution in [1.29, 1.82) is 0 Å². The van der Waals surface area contributed by atoms with Crippen molar-refractivity contribution in [1.82, 2.24) is 5.32 Å². The van der Waals surface area contributed by atoms with Crippen LogP contribution >= 0.6 is 0 Å². The van der Waals surface area contributed by atoms with E-state index in [-0.39, 0.29) is 5.91 Å². The topological polar surface area (TPSA) is 38.3 Å². The van der Waals surface area contributed by atoms with Gasteiger partial charge in [0.25, 0.3) is 0 Å². The van der Waals surface area contributed by atoms with Crippen LogP contribution in [0.4, 0.5) is 0 Å². The molecule has 2 aliphatic rings. The Morgan fingerprint density at radius 2 is 2.42 bits per heavy atom. The van der Waals surface area contributed by atoms with Crippen LogP contribution in [0.1, 0.15) is 19.8 Å². The van der Waals surface area contributed by atoms with E-state index in [1.54, 1.807) is 0 Å². The molecule has 12 heavy (non-hydrogen) atoms. The second-order valence-electron chi connectivity index (χ2n) is 3.88. The number of amides is 1. The van der Waals surface area contributed by atoms with E-state index in [1.807, 2.05) is 0 Å². The van der Waals surface area contributed by atoms with Gasteiger partial charge in [-0.05, 0) is 12.3 Å². The summed E-state index contributed by atoms with van der Waals surface area (Å²) in [4.78, 5) is 11.2. The molecule has 3 heteroatoms. The molecule has 0 spiro atoms. The summed E-state index contributed by atoms with van der Waals surface area (Å²) in [5.41, 5.74) is 0. The Hall–Kier alpha value is -0.570. The molecule has 68 valence electrons. The Morgan fingerprint density at radius 1 is 1.58 bits per heavy atom. The maximum absolute atomic E-state index is 11.2. The van der Waals surface area contributed by atoms with Crippen LogP contribution in [0.2, 0.25) is 0 Å². The molecular weight excluding hydrogens is 154 g/mol. The zero-order chi connectivity index (χ0) is 8.55. The van der Waals surface area contributed by atoms with Crippen LogP contribution in [0.3, 0.4) is 0 Å². The average Bonchev–Trinajstić information content (AvgIpc) is 2.04. The van der Waals surface area contributed by atoms with Gasteiger partial charge < -0.3 is 10.1 Å². The van der Waals surface area contributed by atoms with E-state index >= 15 is 0 Å². The van der Waals surface area contributed by atoms with Crippen molar-refractivity contribution < 1.29 is 9.53 Å². The normalized spacial score (nSPS) is 41.8. The standard InChI is InChI=1S/C9H15NO2/c1-6-4-9(11)10-8-2-3-12-5-7(6)8/h6-8H,2-5H2,1H3,(H,10,11). The van der Waals surface area contributed by atoms with Gasteiger partial charge in [0.1, 0.15) is 0 Å². The van der Waals surface area contributed by atoms with Crippen LogP contribution < -0.4 is 5.32 Å². The highest BCUT2D eigenvalue weighted by Gasteiger charge is 2.36. The van der Waals surface area contributed by atoms with Crippen molar-refractivity contribution >= 4 is 5.91 Å². The summed E-state index contributed by atoms with van der Waals surface area (Å²) in [6.07, 6.45) is 1.66. The number of carbonyl (C=O) groups is 1. The molecule has 0 bridgehead atoms. The first-order valence-corrected chi connectivity index (χ1v) is 4.64. The first kappa shape index (κ1) is 8.05. The lowest BCUT2D eigenvalue weighted by atomic mass is 9.80. The van der Waals surface area contributed by atoms with E-state index in [9.17, 15) is 4.79 Å². The Bertz CT molecular complexity index is 193. The number of nitrogens with one attached hydrogen (secondary N) is 1. The second kappa shape index (κ2) is 3.05. The third-order valence-electron chi connectivity index (χ3n) is 2.98. The molecule has 3 atom stereocenters. The molecule has 3 unspecified atom stereocenters. The number of hydrogen-bond donors (Lipinski definition) is 1. The van der Waals surface area contributed by atoms with Crippen LogP contribution in [0.15, 0.2) is 0 Å². The predicted octanol–water partition coefficient (Wildman–Crippen LogP) is 0.547. The zero-order valence-electron chi connectivity index (χ0n) is 7.38. The van der Waals surface area contributed by atoms with E-state index < -0.39 is 0 Å². The maximum atomic E-state index is 11.2. The van der Waals surface area contributed by atoms with Crippen molar-refractivity contribution in [3.8, 4) is 0 Å². The van der Waals surface area contributed by atoms with Gasteiger partial charge in [0.15, 0.2) is 0 Å². The fraction of sp³-hybridized carbons (Fsp3) is 0.889. The smallest absolute Gasteiger partial charge is 0.220 e. The average molecular weight is 169 g/mol. The van der Waals surface area contributed by atoms with E-state index in [0.717, 1.165) is 19.6 Å². The van der Waals surface area contributed by atoms with E-state index in [4.69, 9.17) is 4.74 Å². The molecule has 0 aromatic heterocycles. The summed E-state index contributed by atoms with van der Waals surface area (Å²) < 4.78 is 5.39. The van der Waals surface area contributed by atoms with Gasteiger partial charge in [-0.3, -0.25) is 4.79 Å². The molecular formula is C9H15NO2.